The maximum absolute atomic E-state index is 5.71. The van der Waals surface area contributed by atoms with Crippen LogP contribution >= 0.6 is 11.3 Å². The number of nitrogens with zero attached hydrogens (tertiary/aromatic N) is 2. The van der Waals surface area contributed by atoms with Crippen molar-refractivity contribution < 1.29 is 0 Å². The van der Waals surface area contributed by atoms with Gasteiger partial charge in [-0.1, -0.05) is 0 Å². The Morgan fingerprint density at radius 3 is 3.18 bits per heavy atom. The van der Waals surface area contributed by atoms with Crippen molar-refractivity contribution in [2.24, 2.45) is 0 Å². The van der Waals surface area contributed by atoms with Crippen molar-refractivity contribution >= 4 is 34.0 Å². The summed E-state index contributed by atoms with van der Waals surface area (Å²) in [6.07, 6.45) is 1.79. The van der Waals surface area contributed by atoms with E-state index in [4.69, 9.17) is 5.73 Å². The van der Waals surface area contributed by atoms with Gasteiger partial charge in [0.05, 0.1) is 17.6 Å². The highest BCUT2D eigenvalue weighted by atomic mass is 32.1. The summed E-state index contributed by atoms with van der Waals surface area (Å²) in [4.78, 5) is 11.8. The lowest BCUT2D eigenvalue weighted by Gasteiger charge is -1.97. The molecule has 17 heavy (non-hydrogen) atoms. The van der Waals surface area contributed by atoms with Crippen molar-refractivity contribution in [3.63, 3.8) is 0 Å². The lowest BCUT2D eigenvalue weighted by molar-refractivity contribution is 1.07. The topological polar surface area (TPSA) is 79.6 Å². The van der Waals surface area contributed by atoms with Gasteiger partial charge in [-0.05, 0) is 18.2 Å². The van der Waals surface area contributed by atoms with E-state index in [9.17, 15) is 0 Å². The summed E-state index contributed by atoms with van der Waals surface area (Å²) in [5, 5.41) is 6.18. The van der Waals surface area contributed by atoms with E-state index in [1.807, 2.05) is 23.6 Å². The Balaban J connectivity index is 1.81. The van der Waals surface area contributed by atoms with Crippen LogP contribution in [0.1, 0.15) is 5.01 Å². The van der Waals surface area contributed by atoms with Crippen LogP contribution in [-0.2, 0) is 6.54 Å². The van der Waals surface area contributed by atoms with Crippen LogP contribution in [0.25, 0.3) is 11.0 Å². The first-order valence-corrected chi connectivity index (χ1v) is 6.07. The summed E-state index contributed by atoms with van der Waals surface area (Å²) in [7, 11) is 0. The van der Waals surface area contributed by atoms with Gasteiger partial charge in [0.1, 0.15) is 5.01 Å². The number of nitrogens with one attached hydrogen (secondary N) is 2. The van der Waals surface area contributed by atoms with Gasteiger partial charge in [-0.25, -0.2) is 9.97 Å². The van der Waals surface area contributed by atoms with E-state index >= 15 is 0 Å². The van der Waals surface area contributed by atoms with Crippen molar-refractivity contribution in [1.29, 1.82) is 0 Å². The molecular weight excluding hydrogens is 234 g/mol. The summed E-state index contributed by atoms with van der Waals surface area (Å²) in [5.74, 6) is 0.737. The molecule has 0 saturated carbocycles. The van der Waals surface area contributed by atoms with Gasteiger partial charge in [0.25, 0.3) is 0 Å². The van der Waals surface area contributed by atoms with Gasteiger partial charge in [0, 0.05) is 17.3 Å². The van der Waals surface area contributed by atoms with E-state index < -0.39 is 0 Å². The molecule has 0 radical (unpaired) electrons. The average molecular weight is 245 g/mol. The predicted octanol–water partition coefficient (Wildman–Crippen LogP) is 2.21. The molecule has 0 atom stereocenters. The predicted molar refractivity (Wildman–Crippen MR) is 69.9 cm³/mol. The first-order valence-electron chi connectivity index (χ1n) is 5.19. The molecule has 5 nitrogen and oxygen atoms in total. The molecular formula is C11H11N5S. The number of anilines is 2. The lowest BCUT2D eigenvalue weighted by Crippen LogP contribution is -1.99. The van der Waals surface area contributed by atoms with E-state index in [0.717, 1.165) is 27.7 Å². The number of fused-ring (bicyclic) bond motifs is 1. The zero-order valence-corrected chi connectivity index (χ0v) is 9.79. The Labute approximate surface area is 102 Å². The highest BCUT2D eigenvalue weighted by Gasteiger charge is 2.03. The molecule has 3 rings (SSSR count). The molecule has 3 aromatic rings. The molecule has 0 unspecified atom stereocenters. The monoisotopic (exact) mass is 245 g/mol. The standard InChI is InChI=1S/C11H11N5S/c12-7-1-2-8-9(5-7)16-11(15-8)14-6-10-13-3-4-17-10/h1-5H,6,12H2,(H2,14,15,16). The third-order valence-corrected chi connectivity index (χ3v) is 3.18. The van der Waals surface area contributed by atoms with E-state index in [-0.39, 0.29) is 0 Å². The highest BCUT2D eigenvalue weighted by Crippen LogP contribution is 2.17. The molecule has 0 saturated heterocycles. The minimum Gasteiger partial charge on any atom is -0.399 e. The number of nitrogen functional groups attached to an aromatic ring is 1. The molecule has 4 N–H and O–H groups in total. The van der Waals surface area contributed by atoms with Crippen molar-refractivity contribution in [3.05, 3.63) is 34.8 Å². The Morgan fingerprint density at radius 2 is 2.35 bits per heavy atom. The molecule has 2 heterocycles. The molecule has 0 aliphatic heterocycles. The molecule has 2 aromatic heterocycles. The van der Waals surface area contributed by atoms with Gasteiger partial charge in [0.2, 0.25) is 5.95 Å². The van der Waals surface area contributed by atoms with Gasteiger partial charge in [-0.15, -0.1) is 11.3 Å². The first-order chi connectivity index (χ1) is 8.31. The SMILES string of the molecule is Nc1ccc2nc(NCc3nccs3)[nH]c2c1. The molecule has 0 bridgehead atoms. The van der Waals surface area contributed by atoms with Crippen molar-refractivity contribution in [1.82, 2.24) is 15.0 Å². The number of thiazole rings is 1. The van der Waals surface area contributed by atoms with Crippen molar-refractivity contribution in [2.45, 2.75) is 6.54 Å². The van der Waals surface area contributed by atoms with Crippen LogP contribution < -0.4 is 11.1 Å². The fourth-order valence-corrected chi connectivity index (χ4v) is 2.17. The Morgan fingerprint density at radius 1 is 1.41 bits per heavy atom. The number of benzene rings is 1. The second-order valence-electron chi connectivity index (χ2n) is 3.64. The zero-order valence-electron chi connectivity index (χ0n) is 8.97. The number of H-pyrrole nitrogens is 1. The Bertz CT molecular complexity index is 628. The number of nitrogens with two attached hydrogens (primary N) is 1. The Kier molecular flexibility index (Phi) is 2.41. The highest BCUT2D eigenvalue weighted by molar-refractivity contribution is 7.09. The molecule has 0 spiro atoms. The third-order valence-electron chi connectivity index (χ3n) is 2.40. The molecule has 0 fully saturated rings. The van der Waals surface area contributed by atoms with Crippen LogP contribution in [-0.4, -0.2) is 15.0 Å². The second kappa shape index (κ2) is 4.06. The number of imidazole rings is 1. The molecule has 0 aliphatic rings. The van der Waals surface area contributed by atoms with E-state index in [2.05, 4.69) is 20.3 Å². The van der Waals surface area contributed by atoms with E-state index in [1.165, 1.54) is 0 Å². The molecule has 1 aromatic carbocycles. The van der Waals surface area contributed by atoms with Gasteiger partial charge < -0.3 is 16.0 Å². The first kappa shape index (κ1) is 10.1. The zero-order chi connectivity index (χ0) is 11.7. The Hall–Kier alpha value is -2.08. The molecule has 0 amide bonds. The minimum atomic E-state index is 0.674. The summed E-state index contributed by atoms with van der Waals surface area (Å²) >= 11 is 1.62. The molecule has 86 valence electrons. The fraction of sp³-hybridized carbons (Fsp3) is 0.0909. The van der Waals surface area contributed by atoms with Crippen LogP contribution in [0.4, 0.5) is 11.6 Å². The van der Waals surface area contributed by atoms with E-state index in [0.29, 0.717) is 6.54 Å². The number of aromatic nitrogens is 3. The summed E-state index contributed by atoms with van der Waals surface area (Å²) in [6, 6.07) is 5.61. The summed E-state index contributed by atoms with van der Waals surface area (Å²) in [5.41, 5.74) is 8.28. The van der Waals surface area contributed by atoms with Crippen LogP contribution in [0.2, 0.25) is 0 Å². The van der Waals surface area contributed by atoms with Gasteiger partial charge >= 0.3 is 0 Å². The largest absolute Gasteiger partial charge is 0.399 e. The van der Waals surface area contributed by atoms with E-state index in [1.54, 1.807) is 17.5 Å². The second-order valence-corrected chi connectivity index (χ2v) is 4.62. The van der Waals surface area contributed by atoms with Crippen LogP contribution in [0, 0.1) is 0 Å². The summed E-state index contributed by atoms with van der Waals surface area (Å²) < 4.78 is 0. The van der Waals surface area contributed by atoms with Gasteiger partial charge in [-0.2, -0.15) is 0 Å². The lowest BCUT2D eigenvalue weighted by atomic mass is 10.3. The van der Waals surface area contributed by atoms with Crippen LogP contribution in [0.3, 0.4) is 0 Å². The average Bonchev–Trinajstić information content (AvgIpc) is 2.94. The summed E-state index contributed by atoms with van der Waals surface area (Å²) in [6.45, 7) is 0.674. The maximum atomic E-state index is 5.71. The van der Waals surface area contributed by atoms with Gasteiger partial charge in [-0.3, -0.25) is 0 Å². The fourth-order valence-electron chi connectivity index (χ4n) is 1.61. The minimum absolute atomic E-state index is 0.674. The normalized spacial score (nSPS) is 10.8. The number of rotatable bonds is 3. The van der Waals surface area contributed by atoms with Crippen molar-refractivity contribution in [3.8, 4) is 0 Å². The van der Waals surface area contributed by atoms with Gasteiger partial charge in [0.15, 0.2) is 0 Å². The third kappa shape index (κ3) is 2.07. The quantitative estimate of drug-likeness (QED) is 0.618. The van der Waals surface area contributed by atoms with Crippen LogP contribution in [0.15, 0.2) is 29.8 Å². The maximum Gasteiger partial charge on any atom is 0.201 e. The number of aromatic amines is 1. The number of hydrogen-bond acceptors (Lipinski definition) is 5. The molecule has 6 heteroatoms. The molecule has 0 aliphatic carbocycles. The smallest absolute Gasteiger partial charge is 0.201 e. The number of hydrogen-bond donors (Lipinski definition) is 3. The van der Waals surface area contributed by atoms with Crippen molar-refractivity contribution in [2.75, 3.05) is 11.1 Å². The van der Waals surface area contributed by atoms with Crippen LogP contribution in [0.5, 0.6) is 0 Å².